The molecule has 2 N–H and O–H groups in total. The van der Waals surface area contributed by atoms with Crippen molar-refractivity contribution in [2.45, 2.75) is 44.6 Å². The summed E-state index contributed by atoms with van der Waals surface area (Å²) >= 11 is 1.74. The van der Waals surface area contributed by atoms with Gasteiger partial charge in [0.05, 0.1) is 18.7 Å². The zero-order valence-corrected chi connectivity index (χ0v) is 18.7. The van der Waals surface area contributed by atoms with Crippen molar-refractivity contribution in [1.29, 1.82) is 0 Å². The molecule has 1 amide bonds. The molecule has 0 unspecified atom stereocenters. The van der Waals surface area contributed by atoms with E-state index in [1.165, 1.54) is 17.7 Å². The molecule has 8 heteroatoms. The Morgan fingerprint density at radius 3 is 2.70 bits per heavy atom. The molecule has 1 aliphatic heterocycles. The van der Waals surface area contributed by atoms with Crippen LogP contribution in [0.2, 0.25) is 0 Å². The molecule has 2 heterocycles. The van der Waals surface area contributed by atoms with E-state index in [2.05, 4.69) is 10.6 Å². The van der Waals surface area contributed by atoms with Gasteiger partial charge in [-0.1, -0.05) is 12.1 Å². The van der Waals surface area contributed by atoms with Crippen LogP contribution in [-0.2, 0) is 22.4 Å². The number of fused-ring (bicyclic) bond motifs is 1. The lowest BCUT2D eigenvalue weighted by Gasteiger charge is -2.27. The van der Waals surface area contributed by atoms with Crippen LogP contribution in [0.15, 0.2) is 24.3 Å². The Kier molecular flexibility index (Phi) is 7.86. The lowest BCUT2D eigenvalue weighted by atomic mass is 9.86. The highest BCUT2D eigenvalue weighted by atomic mass is 35.5. The number of rotatable bonds is 4. The highest BCUT2D eigenvalue weighted by Crippen LogP contribution is 2.30. The topological polar surface area (TPSA) is 80.3 Å². The maximum absolute atomic E-state index is 12.8. The van der Waals surface area contributed by atoms with E-state index in [9.17, 15) is 9.59 Å². The molecular weight excluding hydrogens is 422 g/mol. The number of esters is 1. The summed E-state index contributed by atoms with van der Waals surface area (Å²) in [6.45, 7) is 1.96. The van der Waals surface area contributed by atoms with E-state index < -0.39 is 0 Å². The third kappa shape index (κ3) is 5.20. The smallest absolute Gasteiger partial charge is 0.308 e. The van der Waals surface area contributed by atoms with Crippen molar-refractivity contribution >= 4 is 35.6 Å². The largest absolute Gasteiger partial charge is 0.469 e. The van der Waals surface area contributed by atoms with Crippen molar-refractivity contribution in [3.63, 3.8) is 0 Å². The highest BCUT2D eigenvalue weighted by Gasteiger charge is 2.28. The third-order valence-corrected chi connectivity index (χ3v) is 7.02. The highest BCUT2D eigenvalue weighted by molar-refractivity contribution is 7.15. The fraction of sp³-hybridized carbons (Fsp3) is 0.500. The first-order chi connectivity index (χ1) is 14.1. The number of halogens is 1. The predicted molar refractivity (Wildman–Crippen MR) is 120 cm³/mol. The first-order valence-corrected chi connectivity index (χ1v) is 11.1. The third-order valence-electron chi connectivity index (χ3n) is 5.81. The molecule has 1 aromatic carbocycles. The zero-order chi connectivity index (χ0) is 20.2. The summed E-state index contributed by atoms with van der Waals surface area (Å²) in [4.78, 5) is 30.6. The van der Waals surface area contributed by atoms with E-state index in [-0.39, 0.29) is 36.2 Å². The van der Waals surface area contributed by atoms with Crippen molar-refractivity contribution in [2.75, 3.05) is 20.2 Å². The molecule has 6 nitrogen and oxygen atoms in total. The normalized spacial score (nSPS) is 21.0. The van der Waals surface area contributed by atoms with Gasteiger partial charge in [0.15, 0.2) is 0 Å². The molecular formula is C22H28ClN3O3S. The van der Waals surface area contributed by atoms with Gasteiger partial charge in [-0.15, -0.1) is 23.7 Å². The molecule has 0 spiro atoms. The summed E-state index contributed by atoms with van der Waals surface area (Å²) in [5.41, 5.74) is 2.84. The Labute approximate surface area is 187 Å². The maximum Gasteiger partial charge on any atom is 0.308 e. The van der Waals surface area contributed by atoms with Crippen LogP contribution in [0.1, 0.15) is 46.6 Å². The van der Waals surface area contributed by atoms with Gasteiger partial charge < -0.3 is 15.4 Å². The van der Waals surface area contributed by atoms with Gasteiger partial charge in [0, 0.05) is 41.6 Å². The fourth-order valence-corrected chi connectivity index (χ4v) is 5.24. The summed E-state index contributed by atoms with van der Waals surface area (Å²) < 4.78 is 4.83. The molecule has 1 saturated carbocycles. The number of hydrogen-bond donors (Lipinski definition) is 2. The lowest BCUT2D eigenvalue weighted by molar-refractivity contribution is -0.146. The van der Waals surface area contributed by atoms with E-state index in [4.69, 9.17) is 9.72 Å². The number of nitrogens with one attached hydrogen (secondary N) is 2. The minimum Gasteiger partial charge on any atom is -0.469 e. The Hall–Kier alpha value is -1.96. The molecule has 162 valence electrons. The van der Waals surface area contributed by atoms with Gasteiger partial charge in [-0.25, -0.2) is 4.98 Å². The number of hydrogen-bond acceptors (Lipinski definition) is 6. The van der Waals surface area contributed by atoms with Crippen LogP contribution in [0.5, 0.6) is 0 Å². The predicted octanol–water partition coefficient (Wildman–Crippen LogP) is 3.38. The van der Waals surface area contributed by atoms with Crippen molar-refractivity contribution in [3.05, 3.63) is 40.4 Å². The second kappa shape index (κ2) is 10.4. The Bertz CT molecular complexity index is 870. The molecule has 0 atom stereocenters. The fourth-order valence-electron chi connectivity index (χ4n) is 4.13. The van der Waals surface area contributed by atoms with E-state index in [0.717, 1.165) is 62.2 Å². The molecule has 30 heavy (non-hydrogen) atoms. The molecule has 2 aliphatic rings. The minimum atomic E-state index is -0.139. The van der Waals surface area contributed by atoms with E-state index >= 15 is 0 Å². The molecule has 1 aromatic heterocycles. The summed E-state index contributed by atoms with van der Waals surface area (Å²) in [5.74, 6) is -0.234. The van der Waals surface area contributed by atoms with Gasteiger partial charge >= 0.3 is 5.97 Å². The van der Waals surface area contributed by atoms with Gasteiger partial charge in [-0.05, 0) is 44.2 Å². The SMILES string of the molecule is COC(=O)C1CCC(NC(=O)c2cccc(-c3nc4c(s3)CCNCC4)c2)CC1.Cl. The number of benzene rings is 1. The zero-order valence-electron chi connectivity index (χ0n) is 17.1. The average Bonchev–Trinajstić information content (AvgIpc) is 3.04. The molecule has 1 aliphatic carbocycles. The van der Waals surface area contributed by atoms with Gasteiger partial charge in [0.2, 0.25) is 0 Å². The molecule has 4 rings (SSSR count). The van der Waals surface area contributed by atoms with Crippen molar-refractivity contribution < 1.29 is 14.3 Å². The number of amides is 1. The average molecular weight is 450 g/mol. The number of aromatic nitrogens is 1. The minimum absolute atomic E-state index is 0. The second-order valence-electron chi connectivity index (χ2n) is 7.76. The van der Waals surface area contributed by atoms with Crippen LogP contribution < -0.4 is 10.6 Å². The Morgan fingerprint density at radius 2 is 1.93 bits per heavy atom. The molecule has 1 fully saturated rings. The van der Waals surface area contributed by atoms with Gasteiger partial charge in [-0.3, -0.25) is 9.59 Å². The van der Waals surface area contributed by atoms with Crippen LogP contribution >= 0.6 is 23.7 Å². The standard InChI is InChI=1S/C22H27N3O3S.ClH/c1-28-22(27)14-5-7-17(8-6-14)24-20(26)15-3-2-4-16(13-15)21-25-18-9-11-23-12-10-19(18)29-21;/h2-4,13-14,17,23H,5-12H2,1H3,(H,24,26);1H. The number of methoxy groups -OCH3 is 1. The Morgan fingerprint density at radius 1 is 1.17 bits per heavy atom. The number of carbonyl (C=O) groups excluding carboxylic acids is 2. The van der Waals surface area contributed by atoms with Gasteiger partial charge in [-0.2, -0.15) is 0 Å². The second-order valence-corrected chi connectivity index (χ2v) is 8.85. The first-order valence-electron chi connectivity index (χ1n) is 10.3. The van der Waals surface area contributed by atoms with Crippen LogP contribution in [0.4, 0.5) is 0 Å². The van der Waals surface area contributed by atoms with Crippen molar-refractivity contribution in [1.82, 2.24) is 15.6 Å². The summed E-state index contributed by atoms with van der Waals surface area (Å²) in [7, 11) is 1.43. The van der Waals surface area contributed by atoms with Crippen LogP contribution in [0, 0.1) is 5.92 Å². The summed E-state index contributed by atoms with van der Waals surface area (Å²) in [5, 5.41) is 7.53. The lowest BCUT2D eigenvalue weighted by Crippen LogP contribution is -2.38. The van der Waals surface area contributed by atoms with E-state index in [1.807, 2.05) is 24.3 Å². The summed E-state index contributed by atoms with van der Waals surface area (Å²) in [6, 6.07) is 7.84. The quantitative estimate of drug-likeness (QED) is 0.699. The molecule has 2 aromatic rings. The van der Waals surface area contributed by atoms with Crippen LogP contribution in [0.3, 0.4) is 0 Å². The van der Waals surface area contributed by atoms with Gasteiger partial charge in [0.1, 0.15) is 5.01 Å². The molecule has 0 radical (unpaired) electrons. The van der Waals surface area contributed by atoms with Crippen molar-refractivity contribution in [3.8, 4) is 10.6 Å². The molecule has 0 bridgehead atoms. The number of carbonyl (C=O) groups is 2. The van der Waals surface area contributed by atoms with Crippen LogP contribution in [-0.4, -0.2) is 43.1 Å². The van der Waals surface area contributed by atoms with E-state index in [0.29, 0.717) is 5.56 Å². The van der Waals surface area contributed by atoms with Crippen LogP contribution in [0.25, 0.3) is 10.6 Å². The van der Waals surface area contributed by atoms with Crippen molar-refractivity contribution in [2.24, 2.45) is 5.92 Å². The first kappa shape index (κ1) is 22.7. The summed E-state index contributed by atoms with van der Waals surface area (Å²) in [6.07, 6.45) is 5.10. The number of thiazole rings is 1. The maximum atomic E-state index is 12.8. The molecule has 0 saturated heterocycles. The monoisotopic (exact) mass is 449 g/mol. The van der Waals surface area contributed by atoms with E-state index in [1.54, 1.807) is 11.3 Å². The number of ether oxygens (including phenoxy) is 1. The Balaban J connectivity index is 0.00000256. The van der Waals surface area contributed by atoms with Gasteiger partial charge in [0.25, 0.3) is 5.91 Å². The number of nitrogens with zero attached hydrogens (tertiary/aromatic N) is 1.